The van der Waals surface area contributed by atoms with E-state index in [2.05, 4.69) is 13.8 Å². The average Bonchev–Trinajstić information content (AvgIpc) is 2.22. The Bertz CT molecular complexity index is 90.3. The lowest BCUT2D eigenvalue weighted by molar-refractivity contribution is -0.107. The standard InChI is InChI=1S/C7H14O.C5H11Cl/c1-2-3-4-5-6-7-8;1-2-3-4-5-6/h7H,2-6H2,1H3;2-5H2,1H3. The molecule has 0 aromatic rings. The molecule has 0 aromatic carbocycles. The first-order valence-electron chi connectivity index (χ1n) is 5.83. The Morgan fingerprint density at radius 1 is 0.929 bits per heavy atom. The maximum atomic E-state index is 9.77. The van der Waals surface area contributed by atoms with E-state index in [1.807, 2.05) is 0 Å². The Morgan fingerprint density at radius 3 is 1.86 bits per heavy atom. The third-order valence-electron chi connectivity index (χ3n) is 1.91. The molecular weight excluding hydrogens is 196 g/mol. The summed E-state index contributed by atoms with van der Waals surface area (Å²) in [5.41, 5.74) is 0. The van der Waals surface area contributed by atoms with Gasteiger partial charge < -0.3 is 4.79 Å². The number of carbonyl (C=O) groups excluding carboxylic acids is 1. The van der Waals surface area contributed by atoms with Gasteiger partial charge >= 0.3 is 0 Å². The van der Waals surface area contributed by atoms with E-state index in [-0.39, 0.29) is 0 Å². The molecular formula is C12H25ClO. The largest absolute Gasteiger partial charge is 0.303 e. The Balaban J connectivity index is 0. The summed E-state index contributed by atoms with van der Waals surface area (Å²) < 4.78 is 0. The van der Waals surface area contributed by atoms with Crippen molar-refractivity contribution < 1.29 is 4.79 Å². The van der Waals surface area contributed by atoms with Crippen LogP contribution in [0.2, 0.25) is 0 Å². The van der Waals surface area contributed by atoms with E-state index in [1.54, 1.807) is 0 Å². The fourth-order valence-electron chi connectivity index (χ4n) is 0.999. The van der Waals surface area contributed by atoms with Crippen molar-refractivity contribution in [2.24, 2.45) is 0 Å². The highest BCUT2D eigenvalue weighted by Gasteiger charge is 1.83. The van der Waals surface area contributed by atoms with Crippen LogP contribution in [-0.2, 0) is 4.79 Å². The van der Waals surface area contributed by atoms with Gasteiger partial charge in [0.2, 0.25) is 0 Å². The number of alkyl halides is 1. The molecule has 0 atom stereocenters. The van der Waals surface area contributed by atoms with Gasteiger partial charge in [-0.05, 0) is 12.8 Å². The lowest BCUT2D eigenvalue weighted by Crippen LogP contribution is -1.76. The topological polar surface area (TPSA) is 17.1 Å². The van der Waals surface area contributed by atoms with Crippen molar-refractivity contribution in [2.75, 3.05) is 5.88 Å². The van der Waals surface area contributed by atoms with Crippen LogP contribution >= 0.6 is 11.6 Å². The van der Waals surface area contributed by atoms with Crippen LogP contribution < -0.4 is 0 Å². The lowest BCUT2D eigenvalue weighted by Gasteiger charge is -1.90. The molecule has 0 heterocycles. The minimum Gasteiger partial charge on any atom is -0.303 e. The normalized spacial score (nSPS) is 9.07. The van der Waals surface area contributed by atoms with E-state index in [1.165, 1.54) is 38.5 Å². The van der Waals surface area contributed by atoms with E-state index in [4.69, 9.17) is 11.6 Å². The highest BCUT2D eigenvalue weighted by atomic mass is 35.5. The van der Waals surface area contributed by atoms with Crippen molar-refractivity contribution in [3.05, 3.63) is 0 Å². The Morgan fingerprint density at radius 2 is 1.50 bits per heavy atom. The summed E-state index contributed by atoms with van der Waals surface area (Å²) >= 11 is 5.38. The van der Waals surface area contributed by atoms with Gasteiger partial charge in [-0.3, -0.25) is 0 Å². The maximum Gasteiger partial charge on any atom is 0.119 e. The van der Waals surface area contributed by atoms with Crippen molar-refractivity contribution in [2.45, 2.75) is 65.2 Å². The molecule has 0 aliphatic heterocycles. The second-order valence-corrected chi connectivity index (χ2v) is 3.79. The van der Waals surface area contributed by atoms with Gasteiger partial charge in [0.1, 0.15) is 6.29 Å². The second kappa shape index (κ2) is 18.7. The van der Waals surface area contributed by atoms with Gasteiger partial charge in [0.05, 0.1) is 0 Å². The molecule has 0 bridgehead atoms. The first kappa shape index (κ1) is 16.4. The quantitative estimate of drug-likeness (QED) is 0.333. The molecule has 0 fully saturated rings. The molecule has 0 aliphatic carbocycles. The van der Waals surface area contributed by atoms with Gasteiger partial charge in [0, 0.05) is 12.3 Å². The number of carbonyl (C=O) groups is 1. The Labute approximate surface area is 94.2 Å². The zero-order valence-electron chi connectivity index (χ0n) is 9.73. The van der Waals surface area contributed by atoms with Crippen LogP contribution in [0.15, 0.2) is 0 Å². The van der Waals surface area contributed by atoms with Crippen LogP contribution in [0.25, 0.3) is 0 Å². The number of halogens is 1. The summed E-state index contributed by atoms with van der Waals surface area (Å²) in [6.45, 7) is 4.34. The third-order valence-corrected chi connectivity index (χ3v) is 2.18. The molecule has 14 heavy (non-hydrogen) atoms. The molecule has 0 amide bonds. The van der Waals surface area contributed by atoms with Gasteiger partial charge in [0.25, 0.3) is 0 Å². The van der Waals surface area contributed by atoms with E-state index >= 15 is 0 Å². The second-order valence-electron chi connectivity index (χ2n) is 3.41. The SMILES string of the molecule is CCCCCCC=O.CCCCCCl. The first-order valence-corrected chi connectivity index (χ1v) is 6.36. The smallest absolute Gasteiger partial charge is 0.119 e. The summed E-state index contributed by atoms with van der Waals surface area (Å²) in [5.74, 6) is 0.827. The lowest BCUT2D eigenvalue weighted by atomic mass is 10.2. The van der Waals surface area contributed by atoms with Gasteiger partial charge in [-0.15, -0.1) is 11.6 Å². The molecule has 0 unspecified atom stereocenters. The summed E-state index contributed by atoms with van der Waals surface area (Å²) in [6, 6.07) is 0. The fourth-order valence-corrected chi connectivity index (χ4v) is 1.19. The van der Waals surface area contributed by atoms with Gasteiger partial charge in [0.15, 0.2) is 0 Å². The number of rotatable bonds is 8. The van der Waals surface area contributed by atoms with Crippen molar-refractivity contribution in [3.63, 3.8) is 0 Å². The van der Waals surface area contributed by atoms with Crippen LogP contribution in [0.3, 0.4) is 0 Å². The van der Waals surface area contributed by atoms with E-state index in [0.29, 0.717) is 0 Å². The molecule has 2 heteroatoms. The highest BCUT2D eigenvalue weighted by molar-refractivity contribution is 6.17. The van der Waals surface area contributed by atoms with Gasteiger partial charge in [-0.2, -0.15) is 0 Å². The average molecular weight is 221 g/mol. The number of aldehydes is 1. The van der Waals surface area contributed by atoms with Crippen molar-refractivity contribution in [3.8, 4) is 0 Å². The van der Waals surface area contributed by atoms with E-state index < -0.39 is 0 Å². The van der Waals surface area contributed by atoms with Crippen molar-refractivity contribution in [1.82, 2.24) is 0 Å². The fraction of sp³-hybridized carbons (Fsp3) is 0.917. The summed E-state index contributed by atoms with van der Waals surface area (Å²) in [5, 5.41) is 0. The maximum absolute atomic E-state index is 9.77. The summed E-state index contributed by atoms with van der Waals surface area (Å²) in [7, 11) is 0. The van der Waals surface area contributed by atoms with Gasteiger partial charge in [-0.25, -0.2) is 0 Å². The molecule has 0 aliphatic rings. The molecule has 0 N–H and O–H groups in total. The van der Waals surface area contributed by atoms with Crippen LogP contribution in [0.1, 0.15) is 65.2 Å². The van der Waals surface area contributed by atoms with E-state index in [0.717, 1.165) is 25.0 Å². The third kappa shape index (κ3) is 22.7. The molecule has 0 radical (unpaired) electrons. The molecule has 0 aromatic heterocycles. The monoisotopic (exact) mass is 220 g/mol. The van der Waals surface area contributed by atoms with Crippen LogP contribution in [0.5, 0.6) is 0 Å². The predicted octanol–water partition coefficient (Wildman–Crippen LogP) is 4.57. The van der Waals surface area contributed by atoms with Crippen molar-refractivity contribution in [1.29, 1.82) is 0 Å². The predicted molar refractivity (Wildman–Crippen MR) is 65.1 cm³/mol. The van der Waals surface area contributed by atoms with Crippen LogP contribution in [0, 0.1) is 0 Å². The molecule has 0 rings (SSSR count). The Kier molecular flexibility index (Phi) is 21.9. The molecule has 0 spiro atoms. The number of hydrogen-bond acceptors (Lipinski definition) is 1. The highest BCUT2D eigenvalue weighted by Crippen LogP contribution is 1.99. The number of unbranched alkanes of at least 4 members (excludes halogenated alkanes) is 6. The van der Waals surface area contributed by atoms with Gasteiger partial charge in [-0.1, -0.05) is 46.0 Å². The molecule has 1 nitrogen and oxygen atoms in total. The summed E-state index contributed by atoms with van der Waals surface area (Å²) in [4.78, 5) is 9.77. The summed E-state index contributed by atoms with van der Waals surface area (Å²) in [6.07, 6.45) is 10.3. The zero-order chi connectivity index (χ0) is 11.1. The molecule has 86 valence electrons. The Hall–Kier alpha value is -0.0400. The first-order chi connectivity index (χ1) is 6.83. The zero-order valence-corrected chi connectivity index (χ0v) is 10.5. The van der Waals surface area contributed by atoms with Crippen molar-refractivity contribution >= 4 is 17.9 Å². The van der Waals surface area contributed by atoms with Crippen LogP contribution in [0.4, 0.5) is 0 Å². The number of hydrogen-bond donors (Lipinski definition) is 0. The minimum atomic E-state index is 0.750. The van der Waals surface area contributed by atoms with E-state index in [9.17, 15) is 4.79 Å². The van der Waals surface area contributed by atoms with Crippen LogP contribution in [-0.4, -0.2) is 12.2 Å². The molecule has 0 saturated heterocycles. The molecule has 0 saturated carbocycles. The minimum absolute atomic E-state index is 0.750.